The SMILES string of the molecule is Cc1nc(CNCCc2ccccc2)oc1C. The van der Waals surface area contributed by atoms with Gasteiger partial charge in [-0.3, -0.25) is 0 Å². The molecule has 2 aromatic rings. The molecule has 0 aliphatic heterocycles. The molecule has 1 heterocycles. The largest absolute Gasteiger partial charge is 0.444 e. The maximum absolute atomic E-state index is 5.49. The van der Waals surface area contributed by atoms with Crippen LogP contribution in [0.4, 0.5) is 0 Å². The Morgan fingerprint density at radius 2 is 1.94 bits per heavy atom. The Morgan fingerprint density at radius 1 is 1.18 bits per heavy atom. The van der Waals surface area contributed by atoms with E-state index in [0.29, 0.717) is 6.54 Å². The zero-order chi connectivity index (χ0) is 12.1. The molecule has 0 radical (unpaired) electrons. The molecule has 90 valence electrons. The Hall–Kier alpha value is -1.61. The van der Waals surface area contributed by atoms with E-state index in [1.54, 1.807) is 0 Å². The van der Waals surface area contributed by atoms with E-state index in [2.05, 4.69) is 34.6 Å². The number of hydrogen-bond donors (Lipinski definition) is 1. The van der Waals surface area contributed by atoms with Crippen LogP contribution in [0, 0.1) is 13.8 Å². The van der Waals surface area contributed by atoms with Gasteiger partial charge in [0.1, 0.15) is 5.76 Å². The normalized spacial score (nSPS) is 10.7. The Kier molecular flexibility index (Phi) is 3.94. The van der Waals surface area contributed by atoms with Crippen LogP contribution in [0.2, 0.25) is 0 Å². The molecule has 0 aliphatic rings. The van der Waals surface area contributed by atoms with Crippen LogP contribution in [-0.4, -0.2) is 11.5 Å². The summed E-state index contributed by atoms with van der Waals surface area (Å²) in [5, 5.41) is 3.33. The lowest BCUT2D eigenvalue weighted by Crippen LogP contribution is -2.16. The lowest BCUT2D eigenvalue weighted by atomic mass is 10.1. The minimum absolute atomic E-state index is 0.696. The highest BCUT2D eigenvalue weighted by Gasteiger charge is 2.04. The van der Waals surface area contributed by atoms with Crippen LogP contribution in [0.15, 0.2) is 34.7 Å². The summed E-state index contributed by atoms with van der Waals surface area (Å²) in [5.41, 5.74) is 2.32. The quantitative estimate of drug-likeness (QED) is 0.802. The molecule has 2 rings (SSSR count). The third-order valence-electron chi connectivity index (χ3n) is 2.78. The van der Waals surface area contributed by atoms with Gasteiger partial charge in [0.05, 0.1) is 12.2 Å². The molecule has 0 aliphatic carbocycles. The summed E-state index contributed by atoms with van der Waals surface area (Å²) < 4.78 is 5.49. The first-order valence-corrected chi connectivity index (χ1v) is 5.93. The van der Waals surface area contributed by atoms with Crippen molar-refractivity contribution in [3.05, 3.63) is 53.2 Å². The van der Waals surface area contributed by atoms with Crippen LogP contribution in [-0.2, 0) is 13.0 Å². The van der Waals surface area contributed by atoms with Gasteiger partial charge in [0.25, 0.3) is 0 Å². The lowest BCUT2D eigenvalue weighted by Gasteiger charge is -2.02. The molecule has 1 N–H and O–H groups in total. The van der Waals surface area contributed by atoms with Crippen molar-refractivity contribution in [2.75, 3.05) is 6.54 Å². The third kappa shape index (κ3) is 3.43. The van der Waals surface area contributed by atoms with Crippen molar-refractivity contribution in [3.63, 3.8) is 0 Å². The minimum Gasteiger partial charge on any atom is -0.444 e. The highest BCUT2D eigenvalue weighted by atomic mass is 16.4. The molecule has 3 heteroatoms. The topological polar surface area (TPSA) is 38.1 Å². The van der Waals surface area contributed by atoms with E-state index in [1.165, 1.54) is 5.56 Å². The van der Waals surface area contributed by atoms with Crippen molar-refractivity contribution in [1.82, 2.24) is 10.3 Å². The maximum Gasteiger partial charge on any atom is 0.208 e. The molecule has 0 saturated carbocycles. The van der Waals surface area contributed by atoms with E-state index in [-0.39, 0.29) is 0 Å². The first kappa shape index (κ1) is 11.9. The lowest BCUT2D eigenvalue weighted by molar-refractivity contribution is 0.450. The Balaban J connectivity index is 1.73. The number of hydrogen-bond acceptors (Lipinski definition) is 3. The van der Waals surface area contributed by atoms with E-state index >= 15 is 0 Å². The molecule has 0 saturated heterocycles. The van der Waals surface area contributed by atoms with E-state index in [1.807, 2.05) is 19.9 Å². The van der Waals surface area contributed by atoms with Gasteiger partial charge in [-0.15, -0.1) is 0 Å². The van der Waals surface area contributed by atoms with Crippen LogP contribution in [0.25, 0.3) is 0 Å². The highest BCUT2D eigenvalue weighted by Crippen LogP contribution is 2.07. The predicted octanol–water partition coefficient (Wildman–Crippen LogP) is 2.62. The summed E-state index contributed by atoms with van der Waals surface area (Å²) in [5.74, 6) is 1.68. The van der Waals surface area contributed by atoms with Gasteiger partial charge in [-0.2, -0.15) is 0 Å². The zero-order valence-electron chi connectivity index (χ0n) is 10.4. The zero-order valence-corrected chi connectivity index (χ0v) is 10.4. The first-order valence-electron chi connectivity index (χ1n) is 5.93. The van der Waals surface area contributed by atoms with E-state index in [4.69, 9.17) is 4.42 Å². The molecular weight excluding hydrogens is 212 g/mol. The van der Waals surface area contributed by atoms with Crippen molar-refractivity contribution >= 4 is 0 Å². The molecule has 0 spiro atoms. The number of aromatic nitrogens is 1. The molecule has 0 unspecified atom stereocenters. The highest BCUT2D eigenvalue weighted by molar-refractivity contribution is 5.14. The standard InChI is InChI=1S/C14H18N2O/c1-11-12(2)17-14(16-11)10-15-9-8-13-6-4-3-5-7-13/h3-7,15H,8-10H2,1-2H3. The van der Waals surface area contributed by atoms with Gasteiger partial charge in [-0.1, -0.05) is 30.3 Å². The van der Waals surface area contributed by atoms with Gasteiger partial charge in [-0.05, 0) is 32.4 Å². The van der Waals surface area contributed by atoms with Crippen molar-refractivity contribution in [1.29, 1.82) is 0 Å². The number of nitrogens with zero attached hydrogens (tertiary/aromatic N) is 1. The van der Waals surface area contributed by atoms with Gasteiger partial charge in [0, 0.05) is 0 Å². The molecule has 3 nitrogen and oxygen atoms in total. The second-order valence-corrected chi connectivity index (χ2v) is 4.16. The van der Waals surface area contributed by atoms with Crippen LogP contribution in [0.5, 0.6) is 0 Å². The summed E-state index contributed by atoms with van der Waals surface area (Å²) in [7, 11) is 0. The Bertz CT molecular complexity index is 443. The van der Waals surface area contributed by atoms with Crippen molar-refractivity contribution in [2.45, 2.75) is 26.8 Å². The summed E-state index contributed by atoms with van der Waals surface area (Å²) in [6.45, 7) is 5.54. The summed E-state index contributed by atoms with van der Waals surface area (Å²) >= 11 is 0. The fraction of sp³-hybridized carbons (Fsp3) is 0.357. The molecule has 0 bridgehead atoms. The van der Waals surface area contributed by atoms with Gasteiger partial charge in [-0.25, -0.2) is 4.98 Å². The van der Waals surface area contributed by atoms with E-state index < -0.39 is 0 Å². The van der Waals surface area contributed by atoms with Crippen LogP contribution in [0.1, 0.15) is 22.9 Å². The van der Waals surface area contributed by atoms with Crippen molar-refractivity contribution in [2.24, 2.45) is 0 Å². The summed E-state index contributed by atoms with van der Waals surface area (Å²) in [6, 6.07) is 10.4. The molecule has 0 atom stereocenters. The Labute approximate surface area is 102 Å². The van der Waals surface area contributed by atoms with Crippen LogP contribution >= 0.6 is 0 Å². The summed E-state index contributed by atoms with van der Waals surface area (Å²) in [6.07, 6.45) is 1.03. The molecular formula is C14H18N2O. The molecule has 0 amide bonds. The van der Waals surface area contributed by atoms with E-state index in [9.17, 15) is 0 Å². The minimum atomic E-state index is 0.696. The average molecular weight is 230 g/mol. The van der Waals surface area contributed by atoms with Crippen molar-refractivity contribution < 1.29 is 4.42 Å². The predicted molar refractivity (Wildman–Crippen MR) is 67.8 cm³/mol. The van der Waals surface area contributed by atoms with Crippen LogP contribution < -0.4 is 5.32 Å². The Morgan fingerprint density at radius 3 is 2.59 bits per heavy atom. The smallest absolute Gasteiger partial charge is 0.208 e. The second-order valence-electron chi connectivity index (χ2n) is 4.16. The molecule has 17 heavy (non-hydrogen) atoms. The monoisotopic (exact) mass is 230 g/mol. The number of rotatable bonds is 5. The molecule has 1 aromatic carbocycles. The number of nitrogens with one attached hydrogen (secondary N) is 1. The van der Waals surface area contributed by atoms with Gasteiger partial charge >= 0.3 is 0 Å². The average Bonchev–Trinajstić information content (AvgIpc) is 2.66. The fourth-order valence-electron chi connectivity index (χ4n) is 1.69. The van der Waals surface area contributed by atoms with Gasteiger partial charge < -0.3 is 9.73 Å². The van der Waals surface area contributed by atoms with E-state index in [0.717, 1.165) is 30.3 Å². The third-order valence-corrected chi connectivity index (χ3v) is 2.78. The fourth-order valence-corrected chi connectivity index (χ4v) is 1.69. The van der Waals surface area contributed by atoms with Crippen molar-refractivity contribution in [3.8, 4) is 0 Å². The number of benzene rings is 1. The second kappa shape index (κ2) is 5.64. The maximum atomic E-state index is 5.49. The molecule has 1 aromatic heterocycles. The number of oxazole rings is 1. The summed E-state index contributed by atoms with van der Waals surface area (Å²) in [4.78, 5) is 4.33. The van der Waals surface area contributed by atoms with Gasteiger partial charge in [0.15, 0.2) is 0 Å². The first-order chi connectivity index (χ1) is 8.25. The molecule has 0 fully saturated rings. The number of aryl methyl sites for hydroxylation is 2. The van der Waals surface area contributed by atoms with Gasteiger partial charge in [0.2, 0.25) is 5.89 Å². The van der Waals surface area contributed by atoms with Crippen LogP contribution in [0.3, 0.4) is 0 Å².